The van der Waals surface area contributed by atoms with Crippen molar-refractivity contribution in [2.75, 3.05) is 31.1 Å². The van der Waals surface area contributed by atoms with Crippen LogP contribution in [-0.2, 0) is 0 Å². The Morgan fingerprint density at radius 3 is 2.75 bits per heavy atom. The van der Waals surface area contributed by atoms with Crippen molar-refractivity contribution in [3.8, 4) is 0 Å². The Hall–Kier alpha value is -1.13. The summed E-state index contributed by atoms with van der Waals surface area (Å²) >= 11 is 0. The van der Waals surface area contributed by atoms with Gasteiger partial charge < -0.3 is 10.6 Å². The molecule has 4 heteroatoms. The Morgan fingerprint density at radius 2 is 2.10 bits per heavy atom. The largest absolute Gasteiger partial charge is 0.369 e. The SMILES string of the molecule is CCC(N)c1ccc(N2CCC(N3CCCC3)C2)cn1. The normalized spacial score (nSPS) is 25.3. The summed E-state index contributed by atoms with van der Waals surface area (Å²) in [7, 11) is 0. The molecule has 3 heterocycles. The van der Waals surface area contributed by atoms with Crippen molar-refractivity contribution < 1.29 is 0 Å². The Bertz CT molecular complexity index is 425. The number of likely N-dealkylation sites (tertiary alicyclic amines) is 1. The van der Waals surface area contributed by atoms with Crippen LogP contribution < -0.4 is 10.6 Å². The molecule has 0 spiro atoms. The Balaban J connectivity index is 1.62. The monoisotopic (exact) mass is 274 g/mol. The van der Waals surface area contributed by atoms with E-state index in [0.29, 0.717) is 0 Å². The van der Waals surface area contributed by atoms with Gasteiger partial charge in [-0.15, -0.1) is 0 Å². The predicted molar refractivity (Wildman–Crippen MR) is 82.9 cm³/mol. The number of pyridine rings is 1. The number of anilines is 1. The third kappa shape index (κ3) is 2.81. The second-order valence-corrected chi connectivity index (χ2v) is 6.09. The van der Waals surface area contributed by atoms with Crippen molar-refractivity contribution in [3.05, 3.63) is 24.0 Å². The van der Waals surface area contributed by atoms with Gasteiger partial charge in [0.1, 0.15) is 0 Å². The molecule has 2 atom stereocenters. The molecule has 4 nitrogen and oxygen atoms in total. The van der Waals surface area contributed by atoms with Gasteiger partial charge >= 0.3 is 0 Å². The van der Waals surface area contributed by atoms with Crippen LogP contribution in [0.3, 0.4) is 0 Å². The van der Waals surface area contributed by atoms with E-state index in [1.54, 1.807) is 0 Å². The summed E-state index contributed by atoms with van der Waals surface area (Å²) in [5.41, 5.74) is 8.27. The number of aromatic nitrogens is 1. The summed E-state index contributed by atoms with van der Waals surface area (Å²) in [5, 5.41) is 0. The molecule has 20 heavy (non-hydrogen) atoms. The minimum absolute atomic E-state index is 0.0694. The van der Waals surface area contributed by atoms with Crippen LogP contribution in [-0.4, -0.2) is 42.1 Å². The predicted octanol–water partition coefficient (Wildman–Crippen LogP) is 2.17. The third-order valence-corrected chi connectivity index (χ3v) is 4.78. The molecule has 0 radical (unpaired) electrons. The van der Waals surface area contributed by atoms with Gasteiger partial charge in [-0.3, -0.25) is 9.88 Å². The average Bonchev–Trinajstić information content (AvgIpc) is 3.17. The molecule has 0 amide bonds. The minimum atomic E-state index is 0.0694. The zero-order valence-corrected chi connectivity index (χ0v) is 12.5. The summed E-state index contributed by atoms with van der Waals surface area (Å²) in [6.07, 6.45) is 6.98. The third-order valence-electron chi connectivity index (χ3n) is 4.78. The van der Waals surface area contributed by atoms with Gasteiger partial charge in [-0.05, 0) is 50.9 Å². The summed E-state index contributed by atoms with van der Waals surface area (Å²) < 4.78 is 0. The Kier molecular flexibility index (Phi) is 4.22. The number of rotatable bonds is 4. The first-order valence-electron chi connectivity index (χ1n) is 7.98. The Morgan fingerprint density at radius 1 is 1.30 bits per heavy atom. The maximum atomic E-state index is 6.02. The van der Waals surface area contributed by atoms with Crippen LogP contribution in [0.25, 0.3) is 0 Å². The fourth-order valence-electron chi connectivity index (χ4n) is 3.39. The zero-order valence-electron chi connectivity index (χ0n) is 12.5. The fraction of sp³-hybridized carbons (Fsp3) is 0.688. The number of hydrogen-bond acceptors (Lipinski definition) is 4. The van der Waals surface area contributed by atoms with Crippen LogP contribution >= 0.6 is 0 Å². The van der Waals surface area contributed by atoms with Crippen molar-refractivity contribution in [2.45, 2.75) is 44.7 Å². The summed E-state index contributed by atoms with van der Waals surface area (Å²) in [6.45, 7) is 6.99. The first-order chi connectivity index (χ1) is 9.78. The highest BCUT2D eigenvalue weighted by atomic mass is 15.3. The lowest BCUT2D eigenvalue weighted by Gasteiger charge is -2.24. The number of hydrogen-bond donors (Lipinski definition) is 1. The molecule has 0 bridgehead atoms. The maximum absolute atomic E-state index is 6.02. The van der Waals surface area contributed by atoms with Crippen LogP contribution in [0, 0.1) is 0 Å². The van der Waals surface area contributed by atoms with Crippen molar-refractivity contribution >= 4 is 5.69 Å². The summed E-state index contributed by atoms with van der Waals surface area (Å²) in [5.74, 6) is 0. The molecule has 2 N–H and O–H groups in total. The van der Waals surface area contributed by atoms with Crippen LogP contribution in [0.2, 0.25) is 0 Å². The van der Waals surface area contributed by atoms with Crippen LogP contribution in [0.1, 0.15) is 44.3 Å². The molecule has 2 aliphatic rings. The second-order valence-electron chi connectivity index (χ2n) is 6.09. The van der Waals surface area contributed by atoms with Crippen molar-refractivity contribution in [3.63, 3.8) is 0 Å². The molecule has 1 aromatic rings. The van der Waals surface area contributed by atoms with Crippen molar-refractivity contribution in [2.24, 2.45) is 5.73 Å². The lowest BCUT2D eigenvalue weighted by molar-refractivity contribution is 0.260. The van der Waals surface area contributed by atoms with Crippen molar-refractivity contribution in [1.82, 2.24) is 9.88 Å². The Labute approximate surface area is 122 Å². The summed E-state index contributed by atoms with van der Waals surface area (Å²) in [4.78, 5) is 9.67. The van der Waals surface area contributed by atoms with Gasteiger partial charge in [0.2, 0.25) is 0 Å². The smallest absolute Gasteiger partial charge is 0.0572 e. The van der Waals surface area contributed by atoms with Gasteiger partial charge in [0.05, 0.1) is 17.6 Å². The highest BCUT2D eigenvalue weighted by Gasteiger charge is 2.29. The van der Waals surface area contributed by atoms with Gasteiger partial charge in [0.15, 0.2) is 0 Å². The van der Waals surface area contributed by atoms with Crippen molar-refractivity contribution in [1.29, 1.82) is 0 Å². The van der Waals surface area contributed by atoms with Crippen LogP contribution in [0.15, 0.2) is 18.3 Å². The molecular weight excluding hydrogens is 248 g/mol. The molecule has 2 saturated heterocycles. The number of nitrogens with zero attached hydrogens (tertiary/aromatic N) is 3. The van der Waals surface area contributed by atoms with Crippen LogP contribution in [0.5, 0.6) is 0 Å². The quantitative estimate of drug-likeness (QED) is 0.914. The minimum Gasteiger partial charge on any atom is -0.369 e. The van der Waals surface area contributed by atoms with E-state index < -0.39 is 0 Å². The van der Waals surface area contributed by atoms with E-state index in [4.69, 9.17) is 5.73 Å². The van der Waals surface area contributed by atoms with Gasteiger partial charge in [-0.2, -0.15) is 0 Å². The molecule has 3 rings (SSSR count). The van der Waals surface area contributed by atoms with E-state index in [0.717, 1.165) is 31.2 Å². The molecule has 2 fully saturated rings. The van der Waals surface area contributed by atoms with E-state index in [9.17, 15) is 0 Å². The average molecular weight is 274 g/mol. The van der Waals surface area contributed by atoms with E-state index in [1.807, 2.05) is 6.20 Å². The lowest BCUT2D eigenvalue weighted by Crippen LogP contribution is -2.35. The number of nitrogens with two attached hydrogens (primary N) is 1. The molecule has 2 unspecified atom stereocenters. The second kappa shape index (κ2) is 6.10. The van der Waals surface area contributed by atoms with Gasteiger partial charge in [-0.1, -0.05) is 6.92 Å². The maximum Gasteiger partial charge on any atom is 0.0572 e. The van der Waals surface area contributed by atoms with E-state index in [1.165, 1.54) is 38.0 Å². The van der Waals surface area contributed by atoms with Gasteiger partial charge in [0.25, 0.3) is 0 Å². The molecule has 0 aromatic carbocycles. The van der Waals surface area contributed by atoms with Crippen LogP contribution in [0.4, 0.5) is 5.69 Å². The van der Waals surface area contributed by atoms with E-state index in [2.05, 4.69) is 33.8 Å². The fourth-order valence-corrected chi connectivity index (χ4v) is 3.39. The van der Waals surface area contributed by atoms with Gasteiger partial charge in [-0.25, -0.2) is 0 Å². The first kappa shape index (κ1) is 13.8. The van der Waals surface area contributed by atoms with Gasteiger partial charge in [0, 0.05) is 25.2 Å². The summed E-state index contributed by atoms with van der Waals surface area (Å²) in [6, 6.07) is 5.09. The lowest BCUT2D eigenvalue weighted by atomic mass is 10.1. The topological polar surface area (TPSA) is 45.4 Å². The zero-order chi connectivity index (χ0) is 13.9. The molecule has 2 aliphatic heterocycles. The first-order valence-corrected chi connectivity index (χ1v) is 7.98. The highest BCUT2D eigenvalue weighted by Crippen LogP contribution is 2.25. The molecular formula is C16H26N4. The standard InChI is InChI=1S/C16H26N4/c1-2-15(17)16-6-5-13(11-18-16)20-10-7-14(12-20)19-8-3-4-9-19/h5-6,11,14-15H,2-4,7-10,12,17H2,1H3. The molecule has 1 aromatic heterocycles. The highest BCUT2D eigenvalue weighted by molar-refractivity contribution is 5.46. The molecule has 0 aliphatic carbocycles. The van der Waals surface area contributed by atoms with E-state index in [-0.39, 0.29) is 6.04 Å². The van der Waals surface area contributed by atoms with E-state index >= 15 is 0 Å². The molecule has 0 saturated carbocycles. The molecule has 110 valence electrons.